The fraction of sp³-hybridized carbons (Fsp3) is 0.714. The summed E-state index contributed by atoms with van der Waals surface area (Å²) in [5, 5.41) is 42.2. The van der Waals surface area contributed by atoms with Crippen molar-refractivity contribution in [1.29, 1.82) is 0 Å². The molecule has 3 fully saturated rings. The molecule has 7 heteroatoms. The molecule has 0 aliphatic heterocycles. The molecule has 9 atom stereocenters. The lowest BCUT2D eigenvalue weighted by atomic mass is 9.46. The van der Waals surface area contributed by atoms with E-state index in [4.69, 9.17) is 0 Å². The van der Waals surface area contributed by atoms with Gasteiger partial charge < -0.3 is 20.4 Å². The Kier molecular flexibility index (Phi) is 4.29. The number of hydrogen-bond acceptors (Lipinski definition) is 6. The first-order valence-electron chi connectivity index (χ1n) is 9.82. The van der Waals surface area contributed by atoms with Crippen LogP contribution < -0.4 is 0 Å². The first-order chi connectivity index (χ1) is 13.0. The molecule has 0 aromatic rings. The number of rotatable bonds is 2. The van der Waals surface area contributed by atoms with Crippen LogP contribution in [0, 0.1) is 28.6 Å². The van der Waals surface area contributed by atoms with Crippen molar-refractivity contribution in [2.75, 3.05) is 6.61 Å². The predicted molar refractivity (Wildman–Crippen MR) is 96.7 cm³/mol. The minimum Gasteiger partial charge on any atom is -0.393 e. The van der Waals surface area contributed by atoms with Gasteiger partial charge in [-0.3, -0.25) is 9.59 Å². The molecular weight excluding hydrogens is 367 g/mol. The molecule has 0 aromatic heterocycles. The van der Waals surface area contributed by atoms with Crippen LogP contribution in [0.1, 0.15) is 33.1 Å². The molecule has 4 aliphatic rings. The summed E-state index contributed by atoms with van der Waals surface area (Å²) in [5.74, 6) is -2.34. The summed E-state index contributed by atoms with van der Waals surface area (Å²) >= 11 is 0. The molecule has 0 aromatic carbocycles. The van der Waals surface area contributed by atoms with Crippen LogP contribution in [0.2, 0.25) is 0 Å². The van der Waals surface area contributed by atoms with Gasteiger partial charge in [0, 0.05) is 16.7 Å². The molecule has 0 radical (unpaired) electrons. The first kappa shape index (κ1) is 19.9. The van der Waals surface area contributed by atoms with Crippen LogP contribution in [0.25, 0.3) is 0 Å². The van der Waals surface area contributed by atoms with Gasteiger partial charge in [0.05, 0.1) is 12.2 Å². The maximum absolute atomic E-state index is 15.2. The summed E-state index contributed by atoms with van der Waals surface area (Å²) < 4.78 is 15.2. The van der Waals surface area contributed by atoms with E-state index in [1.54, 1.807) is 13.0 Å². The van der Waals surface area contributed by atoms with Gasteiger partial charge in [-0.15, -0.1) is 0 Å². The van der Waals surface area contributed by atoms with Crippen molar-refractivity contribution in [3.8, 4) is 0 Å². The number of allylic oxidation sites excluding steroid dienone is 4. The molecule has 4 rings (SSSR count). The van der Waals surface area contributed by atoms with Crippen LogP contribution in [-0.2, 0) is 9.59 Å². The van der Waals surface area contributed by atoms with E-state index in [2.05, 4.69) is 0 Å². The van der Waals surface area contributed by atoms with Crippen LogP contribution in [0.5, 0.6) is 0 Å². The third kappa shape index (κ3) is 2.22. The van der Waals surface area contributed by atoms with E-state index < -0.39 is 59.0 Å². The fourth-order valence-corrected chi connectivity index (χ4v) is 6.97. The Labute approximate surface area is 162 Å². The zero-order valence-corrected chi connectivity index (χ0v) is 16.0. The van der Waals surface area contributed by atoms with E-state index in [0.717, 1.165) is 0 Å². The number of aliphatic hydroxyl groups excluding tert-OH is 3. The molecule has 3 unspecified atom stereocenters. The Morgan fingerprint density at radius 2 is 1.96 bits per heavy atom. The number of fused-ring (bicyclic) bond motifs is 5. The Bertz CT molecular complexity index is 792. The highest BCUT2D eigenvalue weighted by Gasteiger charge is 2.72. The quantitative estimate of drug-likeness (QED) is 0.542. The van der Waals surface area contributed by atoms with Gasteiger partial charge in [0.2, 0.25) is 0 Å². The van der Waals surface area contributed by atoms with E-state index in [1.165, 1.54) is 12.2 Å². The second-order valence-electron chi connectivity index (χ2n) is 9.41. The zero-order chi connectivity index (χ0) is 20.6. The smallest absolute Gasteiger partial charge is 0.192 e. The van der Waals surface area contributed by atoms with Crippen molar-refractivity contribution in [2.45, 2.75) is 57.1 Å². The van der Waals surface area contributed by atoms with Gasteiger partial charge in [-0.2, -0.15) is 0 Å². The second-order valence-corrected chi connectivity index (χ2v) is 9.41. The SMILES string of the molecule is C[C@]12C=CC(=O)C=C1C(F)C[C@@H]1[C@@H]2C(O)C[C@@]2(C)[C@H]1CC(O)[C@]2(O)C(=O)CO. The van der Waals surface area contributed by atoms with Gasteiger partial charge in [0.1, 0.15) is 12.8 Å². The first-order valence-corrected chi connectivity index (χ1v) is 9.82. The molecular formula is C21H27FO6. The minimum absolute atomic E-state index is 0.0414. The summed E-state index contributed by atoms with van der Waals surface area (Å²) in [6.07, 6.45) is 0.834. The highest BCUT2D eigenvalue weighted by Crippen LogP contribution is 2.67. The number of carbonyl (C=O) groups is 2. The molecule has 0 heterocycles. The van der Waals surface area contributed by atoms with Crippen molar-refractivity contribution < 1.29 is 34.4 Å². The molecule has 0 bridgehead atoms. The third-order valence-electron chi connectivity index (χ3n) is 8.27. The molecule has 0 saturated heterocycles. The lowest BCUT2D eigenvalue weighted by Crippen LogP contribution is -2.64. The molecule has 4 aliphatic carbocycles. The molecule has 6 nitrogen and oxygen atoms in total. The van der Waals surface area contributed by atoms with Gasteiger partial charge in [-0.25, -0.2) is 4.39 Å². The number of halogens is 1. The summed E-state index contributed by atoms with van der Waals surface area (Å²) in [6, 6.07) is 0. The van der Waals surface area contributed by atoms with E-state index in [1.807, 2.05) is 6.92 Å². The van der Waals surface area contributed by atoms with Crippen LogP contribution >= 0.6 is 0 Å². The number of aliphatic hydroxyl groups is 4. The van der Waals surface area contributed by atoms with Crippen molar-refractivity contribution >= 4 is 11.6 Å². The number of ketones is 2. The summed E-state index contributed by atoms with van der Waals surface area (Å²) in [7, 11) is 0. The molecule has 28 heavy (non-hydrogen) atoms. The number of alkyl halides is 1. The second kappa shape index (κ2) is 6.05. The minimum atomic E-state index is -2.18. The molecule has 3 saturated carbocycles. The standard InChI is InChI=1S/C21H27FO6/c1-19-4-3-10(24)5-13(19)14(22)6-11-12-7-16(26)21(28,17(27)9-23)20(12,2)8-15(25)18(11)19/h3-5,11-12,14-16,18,23,25-26,28H,6-9H2,1-2H3/t11-,12-,14?,15?,16?,18+,19-,20-,21-/m0/s1. The lowest BCUT2D eigenvalue weighted by molar-refractivity contribution is -0.192. The largest absolute Gasteiger partial charge is 0.393 e. The molecule has 4 N–H and O–H groups in total. The third-order valence-corrected chi connectivity index (χ3v) is 8.27. The highest BCUT2D eigenvalue weighted by atomic mass is 19.1. The number of Topliss-reactive ketones (excluding diaryl/α,β-unsaturated/α-hetero) is 1. The molecule has 0 amide bonds. The van der Waals surface area contributed by atoms with Gasteiger partial charge in [0.25, 0.3) is 0 Å². The van der Waals surface area contributed by atoms with Crippen LogP contribution in [-0.4, -0.2) is 62.6 Å². The van der Waals surface area contributed by atoms with Crippen LogP contribution in [0.3, 0.4) is 0 Å². The average Bonchev–Trinajstić information content (AvgIpc) is 2.83. The molecule has 154 valence electrons. The topological polar surface area (TPSA) is 115 Å². The average molecular weight is 394 g/mol. The maximum atomic E-state index is 15.2. The van der Waals surface area contributed by atoms with Crippen molar-refractivity contribution in [3.05, 3.63) is 23.8 Å². The Morgan fingerprint density at radius 1 is 1.29 bits per heavy atom. The number of carbonyl (C=O) groups excluding carboxylic acids is 2. The Balaban J connectivity index is 1.81. The van der Waals surface area contributed by atoms with E-state index in [-0.39, 0.29) is 31.0 Å². The highest BCUT2D eigenvalue weighted by molar-refractivity contribution is 6.01. The zero-order valence-electron chi connectivity index (χ0n) is 16.0. The van der Waals surface area contributed by atoms with Crippen LogP contribution in [0.4, 0.5) is 4.39 Å². The van der Waals surface area contributed by atoms with Crippen LogP contribution in [0.15, 0.2) is 23.8 Å². The van der Waals surface area contributed by atoms with Gasteiger partial charge >= 0.3 is 0 Å². The fourth-order valence-electron chi connectivity index (χ4n) is 6.97. The Morgan fingerprint density at radius 3 is 2.61 bits per heavy atom. The lowest BCUT2D eigenvalue weighted by Gasteiger charge is -2.59. The Hall–Kier alpha value is -1.41. The normalized spacial score (nSPS) is 52.5. The van der Waals surface area contributed by atoms with Gasteiger partial charge in [0.15, 0.2) is 17.2 Å². The summed E-state index contributed by atoms with van der Waals surface area (Å²) in [4.78, 5) is 24.2. The predicted octanol–water partition coefficient (Wildman–Crippen LogP) is 0.476. The van der Waals surface area contributed by atoms with Gasteiger partial charge in [-0.05, 0) is 48.8 Å². The van der Waals surface area contributed by atoms with Crippen molar-refractivity contribution in [2.24, 2.45) is 28.6 Å². The van der Waals surface area contributed by atoms with E-state index in [0.29, 0.717) is 5.57 Å². The summed E-state index contributed by atoms with van der Waals surface area (Å²) in [6.45, 7) is 2.54. The molecule has 0 spiro atoms. The monoisotopic (exact) mass is 394 g/mol. The van der Waals surface area contributed by atoms with Crippen molar-refractivity contribution in [3.63, 3.8) is 0 Å². The van der Waals surface area contributed by atoms with E-state index in [9.17, 15) is 30.0 Å². The number of hydrogen-bond donors (Lipinski definition) is 4. The van der Waals surface area contributed by atoms with Crippen molar-refractivity contribution in [1.82, 2.24) is 0 Å². The maximum Gasteiger partial charge on any atom is 0.192 e. The van der Waals surface area contributed by atoms with E-state index >= 15 is 4.39 Å². The van der Waals surface area contributed by atoms with Gasteiger partial charge in [-0.1, -0.05) is 19.9 Å². The summed E-state index contributed by atoms with van der Waals surface area (Å²) in [5.41, 5.74) is -3.84.